The molecule has 0 aromatic carbocycles. The van der Waals surface area contributed by atoms with E-state index in [4.69, 9.17) is 5.73 Å². The SMILES string of the molecule is CCCN1CCCC(N)(C(F)F)CC1. The van der Waals surface area contributed by atoms with E-state index < -0.39 is 12.0 Å². The quantitative estimate of drug-likeness (QED) is 0.763. The highest BCUT2D eigenvalue weighted by molar-refractivity contribution is 4.90. The van der Waals surface area contributed by atoms with E-state index in [1.54, 1.807) is 0 Å². The molecule has 4 heteroatoms. The molecule has 1 saturated heterocycles. The van der Waals surface area contributed by atoms with Crippen LogP contribution in [-0.4, -0.2) is 36.5 Å². The molecular weight excluding hydrogens is 186 g/mol. The van der Waals surface area contributed by atoms with E-state index in [0.717, 1.165) is 25.9 Å². The zero-order chi connectivity index (χ0) is 10.6. The lowest BCUT2D eigenvalue weighted by molar-refractivity contribution is 0.0447. The molecular formula is C10H20F2N2. The summed E-state index contributed by atoms with van der Waals surface area (Å²) in [4.78, 5) is 2.23. The minimum absolute atomic E-state index is 0.421. The Labute approximate surface area is 84.4 Å². The molecule has 2 nitrogen and oxygen atoms in total. The Balaban J connectivity index is 2.47. The third-order valence-electron chi connectivity index (χ3n) is 2.98. The predicted molar refractivity (Wildman–Crippen MR) is 53.5 cm³/mol. The summed E-state index contributed by atoms with van der Waals surface area (Å²) >= 11 is 0. The summed E-state index contributed by atoms with van der Waals surface area (Å²) in [5.74, 6) is 0. The molecule has 0 saturated carbocycles. The van der Waals surface area contributed by atoms with Gasteiger partial charge in [-0.15, -0.1) is 0 Å². The molecule has 0 aromatic heterocycles. The molecule has 0 bridgehead atoms. The Morgan fingerprint density at radius 1 is 1.36 bits per heavy atom. The molecule has 1 heterocycles. The predicted octanol–water partition coefficient (Wildman–Crippen LogP) is 1.84. The first-order valence-electron chi connectivity index (χ1n) is 5.38. The summed E-state index contributed by atoms with van der Waals surface area (Å²) < 4.78 is 25.3. The lowest BCUT2D eigenvalue weighted by atomic mass is 9.92. The van der Waals surface area contributed by atoms with E-state index in [1.807, 2.05) is 0 Å². The van der Waals surface area contributed by atoms with Crippen molar-refractivity contribution in [2.75, 3.05) is 19.6 Å². The van der Waals surface area contributed by atoms with Crippen LogP contribution in [0.2, 0.25) is 0 Å². The number of hydrogen-bond acceptors (Lipinski definition) is 2. The van der Waals surface area contributed by atoms with Crippen molar-refractivity contribution >= 4 is 0 Å². The minimum atomic E-state index is -2.39. The Kier molecular flexibility index (Phi) is 4.26. The number of alkyl halides is 2. The highest BCUT2D eigenvalue weighted by Gasteiger charge is 2.36. The molecule has 2 N–H and O–H groups in total. The third-order valence-corrected chi connectivity index (χ3v) is 2.98. The van der Waals surface area contributed by atoms with E-state index in [9.17, 15) is 8.78 Å². The van der Waals surface area contributed by atoms with Gasteiger partial charge in [0.05, 0.1) is 5.54 Å². The van der Waals surface area contributed by atoms with Crippen LogP contribution >= 0.6 is 0 Å². The van der Waals surface area contributed by atoms with Crippen LogP contribution in [-0.2, 0) is 0 Å². The zero-order valence-electron chi connectivity index (χ0n) is 8.81. The molecule has 1 aliphatic rings. The first-order chi connectivity index (χ1) is 6.58. The molecule has 84 valence electrons. The van der Waals surface area contributed by atoms with Crippen LogP contribution in [0.15, 0.2) is 0 Å². The van der Waals surface area contributed by atoms with Gasteiger partial charge in [-0.25, -0.2) is 8.78 Å². The lowest BCUT2D eigenvalue weighted by Gasteiger charge is -2.27. The standard InChI is InChI=1S/C10H20F2N2/c1-2-6-14-7-3-4-10(13,5-8-14)9(11)12/h9H,2-8,13H2,1H3. The molecule has 1 atom stereocenters. The van der Waals surface area contributed by atoms with Gasteiger partial charge in [-0.1, -0.05) is 6.92 Å². The highest BCUT2D eigenvalue weighted by Crippen LogP contribution is 2.26. The topological polar surface area (TPSA) is 29.3 Å². The molecule has 1 aliphatic heterocycles. The van der Waals surface area contributed by atoms with Crippen LogP contribution in [0.3, 0.4) is 0 Å². The average molecular weight is 206 g/mol. The fourth-order valence-electron chi connectivity index (χ4n) is 1.99. The lowest BCUT2D eigenvalue weighted by Crippen LogP contribution is -2.47. The summed E-state index contributed by atoms with van der Waals surface area (Å²) in [6.07, 6.45) is 0.354. The Morgan fingerprint density at radius 2 is 2.07 bits per heavy atom. The van der Waals surface area contributed by atoms with Gasteiger partial charge in [-0.05, 0) is 38.8 Å². The molecule has 1 rings (SSSR count). The van der Waals surface area contributed by atoms with Crippen LogP contribution in [0, 0.1) is 0 Å². The number of hydrogen-bond donors (Lipinski definition) is 1. The van der Waals surface area contributed by atoms with Crippen molar-refractivity contribution in [1.82, 2.24) is 4.90 Å². The second kappa shape index (κ2) is 5.03. The smallest absolute Gasteiger partial charge is 0.256 e. The monoisotopic (exact) mass is 206 g/mol. The number of nitrogens with zero attached hydrogens (tertiary/aromatic N) is 1. The van der Waals surface area contributed by atoms with Crippen LogP contribution in [0.4, 0.5) is 8.78 Å². The molecule has 0 aromatic rings. The summed E-state index contributed by atoms with van der Waals surface area (Å²) in [5, 5.41) is 0. The molecule has 0 radical (unpaired) electrons. The largest absolute Gasteiger partial charge is 0.320 e. The van der Waals surface area contributed by atoms with Crippen molar-refractivity contribution in [2.24, 2.45) is 5.73 Å². The van der Waals surface area contributed by atoms with Crippen molar-refractivity contribution in [3.05, 3.63) is 0 Å². The Morgan fingerprint density at radius 3 is 2.64 bits per heavy atom. The maximum Gasteiger partial charge on any atom is 0.256 e. The highest BCUT2D eigenvalue weighted by atomic mass is 19.3. The molecule has 0 amide bonds. The van der Waals surface area contributed by atoms with Crippen molar-refractivity contribution < 1.29 is 8.78 Å². The summed E-state index contributed by atoms with van der Waals surface area (Å²) in [7, 11) is 0. The Hall–Kier alpha value is -0.220. The van der Waals surface area contributed by atoms with Crippen LogP contribution in [0.5, 0.6) is 0 Å². The van der Waals surface area contributed by atoms with Crippen LogP contribution in [0.1, 0.15) is 32.6 Å². The van der Waals surface area contributed by atoms with E-state index in [-0.39, 0.29) is 0 Å². The number of halogens is 2. The van der Waals surface area contributed by atoms with Gasteiger partial charge in [0, 0.05) is 6.54 Å². The summed E-state index contributed by atoms with van der Waals surface area (Å²) in [5.41, 5.74) is 4.45. The van der Waals surface area contributed by atoms with Crippen LogP contribution < -0.4 is 5.73 Å². The van der Waals surface area contributed by atoms with Gasteiger partial charge < -0.3 is 10.6 Å². The molecule has 0 spiro atoms. The van der Waals surface area contributed by atoms with E-state index >= 15 is 0 Å². The van der Waals surface area contributed by atoms with Gasteiger partial charge >= 0.3 is 0 Å². The van der Waals surface area contributed by atoms with Gasteiger partial charge in [0.1, 0.15) is 0 Å². The fourth-order valence-corrected chi connectivity index (χ4v) is 1.99. The fraction of sp³-hybridized carbons (Fsp3) is 1.00. The van der Waals surface area contributed by atoms with Gasteiger partial charge in [-0.3, -0.25) is 0 Å². The molecule has 1 unspecified atom stereocenters. The molecule has 0 aliphatic carbocycles. The average Bonchev–Trinajstić information content (AvgIpc) is 2.30. The molecule has 14 heavy (non-hydrogen) atoms. The van der Waals surface area contributed by atoms with Crippen molar-refractivity contribution in [3.8, 4) is 0 Å². The number of rotatable bonds is 3. The van der Waals surface area contributed by atoms with Crippen molar-refractivity contribution in [3.63, 3.8) is 0 Å². The van der Waals surface area contributed by atoms with E-state index in [1.165, 1.54) is 0 Å². The second-order valence-corrected chi connectivity index (χ2v) is 4.23. The van der Waals surface area contributed by atoms with Gasteiger partial charge in [-0.2, -0.15) is 0 Å². The normalized spacial score (nSPS) is 30.6. The van der Waals surface area contributed by atoms with E-state index in [2.05, 4.69) is 11.8 Å². The van der Waals surface area contributed by atoms with Crippen molar-refractivity contribution in [2.45, 2.75) is 44.6 Å². The van der Waals surface area contributed by atoms with E-state index in [0.29, 0.717) is 19.4 Å². The second-order valence-electron chi connectivity index (χ2n) is 4.23. The van der Waals surface area contributed by atoms with Crippen molar-refractivity contribution in [1.29, 1.82) is 0 Å². The Bertz CT molecular complexity index is 176. The van der Waals surface area contributed by atoms with Crippen LogP contribution in [0.25, 0.3) is 0 Å². The summed E-state index contributed by atoms with van der Waals surface area (Å²) in [6.45, 7) is 4.74. The van der Waals surface area contributed by atoms with Gasteiger partial charge in [0.15, 0.2) is 0 Å². The first kappa shape index (κ1) is 11.9. The first-order valence-corrected chi connectivity index (χ1v) is 5.38. The minimum Gasteiger partial charge on any atom is -0.320 e. The maximum atomic E-state index is 12.7. The van der Waals surface area contributed by atoms with Gasteiger partial charge in [0.25, 0.3) is 6.43 Å². The maximum absolute atomic E-state index is 12.7. The third kappa shape index (κ3) is 2.89. The number of nitrogens with two attached hydrogens (primary N) is 1. The zero-order valence-corrected chi connectivity index (χ0v) is 8.81. The number of likely N-dealkylation sites (tertiary alicyclic amines) is 1. The molecule has 1 fully saturated rings. The van der Waals surface area contributed by atoms with Gasteiger partial charge in [0.2, 0.25) is 0 Å². The summed E-state index contributed by atoms with van der Waals surface area (Å²) in [6, 6.07) is 0.